The van der Waals surface area contributed by atoms with Gasteiger partial charge in [-0.2, -0.15) is 5.26 Å². The van der Waals surface area contributed by atoms with Crippen LogP contribution in [0.5, 0.6) is 0 Å². The van der Waals surface area contributed by atoms with Crippen LogP contribution in [0.3, 0.4) is 0 Å². The molecule has 4 N–H and O–H groups in total. The molecule has 0 fully saturated rings. The number of nitriles is 1. The molecule has 0 radical (unpaired) electrons. The van der Waals surface area contributed by atoms with Crippen LogP contribution in [-0.2, 0) is 0 Å². The number of rotatable bonds is 1. The average Bonchev–Trinajstić information content (AvgIpc) is 2.60. The Kier molecular flexibility index (Phi) is 2.03. The van der Waals surface area contributed by atoms with Gasteiger partial charge in [0, 0.05) is 5.56 Å². The summed E-state index contributed by atoms with van der Waals surface area (Å²) >= 11 is 0. The number of nitrogen functional groups attached to an aromatic ring is 2. The molecule has 0 spiro atoms. The van der Waals surface area contributed by atoms with Gasteiger partial charge in [0.2, 0.25) is 0 Å². The first-order valence-corrected chi connectivity index (χ1v) is 4.31. The zero-order chi connectivity index (χ0) is 10.8. The van der Waals surface area contributed by atoms with Crippen molar-refractivity contribution in [2.75, 3.05) is 11.6 Å². The van der Waals surface area contributed by atoms with Gasteiger partial charge >= 0.3 is 0 Å². The number of hydrogen-bond acceptors (Lipinski definition) is 4. The molecule has 0 aliphatic carbocycles. The normalized spacial score (nSPS) is 9.80. The number of imidazole rings is 1. The van der Waals surface area contributed by atoms with Crippen LogP contribution in [-0.4, -0.2) is 9.66 Å². The van der Waals surface area contributed by atoms with Crippen molar-refractivity contribution >= 4 is 5.82 Å². The van der Waals surface area contributed by atoms with E-state index in [4.69, 9.17) is 16.8 Å². The minimum Gasteiger partial charge on any atom is -0.382 e. The minimum atomic E-state index is 0.380. The number of aromatic nitrogens is 2. The van der Waals surface area contributed by atoms with Gasteiger partial charge in [0.25, 0.3) is 0 Å². The maximum atomic E-state index is 8.75. The van der Waals surface area contributed by atoms with E-state index in [1.54, 1.807) is 18.2 Å². The van der Waals surface area contributed by atoms with E-state index in [0.29, 0.717) is 17.1 Å². The molecule has 1 heterocycles. The lowest BCUT2D eigenvalue weighted by molar-refractivity contribution is 1.01. The van der Waals surface area contributed by atoms with Gasteiger partial charge in [-0.15, -0.1) is 0 Å². The van der Waals surface area contributed by atoms with Crippen LogP contribution in [0, 0.1) is 11.3 Å². The summed E-state index contributed by atoms with van der Waals surface area (Å²) in [6.07, 6.45) is 1.43. The van der Waals surface area contributed by atoms with Crippen molar-refractivity contribution in [2.24, 2.45) is 0 Å². The largest absolute Gasteiger partial charge is 0.382 e. The molecule has 15 heavy (non-hydrogen) atoms. The van der Waals surface area contributed by atoms with E-state index in [9.17, 15) is 0 Å². The Morgan fingerprint density at radius 1 is 1.40 bits per heavy atom. The third-order valence-corrected chi connectivity index (χ3v) is 2.10. The summed E-state index contributed by atoms with van der Waals surface area (Å²) in [5.41, 5.74) is 7.67. The van der Waals surface area contributed by atoms with Crippen LogP contribution in [0.2, 0.25) is 0 Å². The Morgan fingerprint density at radius 2 is 2.20 bits per heavy atom. The second kappa shape index (κ2) is 3.35. The van der Waals surface area contributed by atoms with Gasteiger partial charge in [-0.05, 0) is 12.1 Å². The highest BCUT2D eigenvalue weighted by atomic mass is 15.3. The molecule has 5 heteroatoms. The van der Waals surface area contributed by atoms with Gasteiger partial charge in [0.05, 0.1) is 11.6 Å². The minimum absolute atomic E-state index is 0.380. The molecule has 74 valence electrons. The summed E-state index contributed by atoms with van der Waals surface area (Å²) in [6, 6.07) is 9.11. The summed E-state index contributed by atoms with van der Waals surface area (Å²) in [4.78, 5) is 4.06. The Hall–Kier alpha value is -2.48. The highest BCUT2D eigenvalue weighted by Crippen LogP contribution is 2.23. The highest BCUT2D eigenvalue weighted by Gasteiger charge is 2.08. The smallest absolute Gasteiger partial charge is 0.150 e. The number of benzene rings is 1. The molecular weight excluding hydrogens is 190 g/mol. The summed E-state index contributed by atoms with van der Waals surface area (Å²) < 4.78 is 1.24. The highest BCUT2D eigenvalue weighted by molar-refractivity contribution is 5.71. The predicted molar refractivity (Wildman–Crippen MR) is 56.9 cm³/mol. The van der Waals surface area contributed by atoms with Gasteiger partial charge in [0.1, 0.15) is 17.8 Å². The average molecular weight is 199 g/mol. The van der Waals surface area contributed by atoms with Crippen molar-refractivity contribution in [3.63, 3.8) is 0 Å². The Morgan fingerprint density at radius 3 is 2.80 bits per heavy atom. The fraction of sp³-hybridized carbons (Fsp3) is 0. The van der Waals surface area contributed by atoms with Crippen molar-refractivity contribution < 1.29 is 0 Å². The number of hydrogen-bond donors (Lipinski definition) is 2. The second-order valence-electron chi connectivity index (χ2n) is 3.08. The third kappa shape index (κ3) is 1.48. The van der Waals surface area contributed by atoms with Crippen LogP contribution >= 0.6 is 0 Å². The van der Waals surface area contributed by atoms with Gasteiger partial charge in [0.15, 0.2) is 0 Å². The number of nitrogens with zero attached hydrogens (tertiary/aromatic N) is 3. The molecule has 0 amide bonds. The fourth-order valence-corrected chi connectivity index (χ4v) is 1.33. The van der Waals surface area contributed by atoms with Crippen molar-refractivity contribution in [3.05, 3.63) is 36.2 Å². The first-order valence-electron chi connectivity index (χ1n) is 4.31. The van der Waals surface area contributed by atoms with Crippen LogP contribution in [0.1, 0.15) is 5.56 Å². The number of anilines is 1. The lowest BCUT2D eigenvalue weighted by Gasteiger charge is -2.00. The molecule has 1 aromatic carbocycles. The topological polar surface area (TPSA) is 93.6 Å². The predicted octanol–water partition coefficient (Wildman–Crippen LogP) is 0.718. The standard InChI is InChI=1S/C10H9N5/c11-5-7-2-1-3-8(4-7)9-10(12)15(13)6-14-9/h1-4,6H,12-13H2. The summed E-state index contributed by atoms with van der Waals surface area (Å²) in [7, 11) is 0. The molecular formula is C10H9N5. The number of nitrogens with two attached hydrogens (primary N) is 2. The van der Waals surface area contributed by atoms with Gasteiger partial charge < -0.3 is 11.6 Å². The lowest BCUT2D eigenvalue weighted by atomic mass is 10.1. The van der Waals surface area contributed by atoms with Crippen molar-refractivity contribution in [1.29, 1.82) is 5.26 Å². The second-order valence-corrected chi connectivity index (χ2v) is 3.08. The molecule has 0 unspecified atom stereocenters. The van der Waals surface area contributed by atoms with Crippen LogP contribution in [0.4, 0.5) is 5.82 Å². The molecule has 0 saturated carbocycles. The zero-order valence-electron chi connectivity index (χ0n) is 7.88. The van der Waals surface area contributed by atoms with Crippen LogP contribution < -0.4 is 11.6 Å². The third-order valence-electron chi connectivity index (χ3n) is 2.10. The first kappa shape index (κ1) is 9.09. The molecule has 2 aromatic rings. The van der Waals surface area contributed by atoms with E-state index in [1.807, 2.05) is 6.07 Å². The molecule has 1 aromatic heterocycles. The molecule has 0 atom stereocenters. The Bertz CT molecular complexity index is 535. The van der Waals surface area contributed by atoms with E-state index in [0.717, 1.165) is 5.56 Å². The van der Waals surface area contributed by atoms with Crippen LogP contribution in [0.25, 0.3) is 11.3 Å². The molecule has 0 aliphatic heterocycles. The molecule has 0 saturated heterocycles. The van der Waals surface area contributed by atoms with E-state index >= 15 is 0 Å². The first-order chi connectivity index (χ1) is 7.22. The zero-order valence-corrected chi connectivity index (χ0v) is 7.88. The summed E-state index contributed by atoms with van der Waals surface area (Å²) in [6.45, 7) is 0. The van der Waals surface area contributed by atoms with E-state index in [1.165, 1.54) is 11.0 Å². The molecule has 5 nitrogen and oxygen atoms in total. The SMILES string of the molecule is N#Cc1cccc(-c2ncn(N)c2N)c1. The van der Waals surface area contributed by atoms with E-state index in [-0.39, 0.29) is 0 Å². The van der Waals surface area contributed by atoms with E-state index < -0.39 is 0 Å². The maximum absolute atomic E-state index is 8.75. The van der Waals surface area contributed by atoms with E-state index in [2.05, 4.69) is 11.1 Å². The molecule has 0 bridgehead atoms. The van der Waals surface area contributed by atoms with Crippen LogP contribution in [0.15, 0.2) is 30.6 Å². The van der Waals surface area contributed by atoms with Crippen molar-refractivity contribution in [3.8, 4) is 17.3 Å². The monoisotopic (exact) mass is 199 g/mol. The van der Waals surface area contributed by atoms with Gasteiger partial charge in [-0.1, -0.05) is 12.1 Å². The van der Waals surface area contributed by atoms with Gasteiger partial charge in [-0.25, -0.2) is 9.66 Å². The Labute approximate surface area is 86.5 Å². The van der Waals surface area contributed by atoms with Crippen molar-refractivity contribution in [2.45, 2.75) is 0 Å². The lowest BCUT2D eigenvalue weighted by Crippen LogP contribution is -2.09. The maximum Gasteiger partial charge on any atom is 0.150 e. The molecule has 2 rings (SSSR count). The van der Waals surface area contributed by atoms with Gasteiger partial charge in [-0.3, -0.25) is 0 Å². The molecule has 0 aliphatic rings. The summed E-state index contributed by atoms with van der Waals surface area (Å²) in [5, 5.41) is 8.75. The summed E-state index contributed by atoms with van der Waals surface area (Å²) in [5.74, 6) is 5.89. The fourth-order valence-electron chi connectivity index (χ4n) is 1.33. The quantitative estimate of drug-likeness (QED) is 0.661. The van der Waals surface area contributed by atoms with Crippen molar-refractivity contribution in [1.82, 2.24) is 9.66 Å². The Balaban J connectivity index is 2.55.